The molecule has 76 valence electrons. The molecule has 0 rings (SSSR count). The van der Waals surface area contributed by atoms with Gasteiger partial charge in [-0.3, -0.25) is 20.2 Å². The van der Waals surface area contributed by atoms with E-state index in [4.69, 9.17) is 0 Å². The Kier molecular flexibility index (Phi) is 4.05. The molecule has 0 radical (unpaired) electrons. The smallest absolute Gasteiger partial charge is 0.601 e. The summed E-state index contributed by atoms with van der Waals surface area (Å²) in [6.45, 7) is 0. The minimum absolute atomic E-state index is 0.574. The highest BCUT2D eigenvalue weighted by molar-refractivity contribution is 4.28. The highest BCUT2D eigenvalue weighted by Crippen LogP contribution is 2.07. The summed E-state index contributed by atoms with van der Waals surface area (Å²) in [4.78, 5) is 23.7. The van der Waals surface area contributed by atoms with E-state index in [0.29, 0.717) is 0 Å². The molecule has 0 aromatic carbocycles. The molecule has 0 aromatic heterocycles. The third-order valence-electron chi connectivity index (χ3n) is 0.865. The Hall–Kier alpha value is -1.44. The van der Waals surface area contributed by atoms with E-state index in [0.717, 1.165) is 0 Å². The minimum Gasteiger partial charge on any atom is -0.601 e. The number of quaternary nitrogens is 2. The molecule has 0 unspecified atom stereocenters. The van der Waals surface area contributed by atoms with E-state index in [1.165, 1.54) is 0 Å². The van der Waals surface area contributed by atoms with Crippen molar-refractivity contribution in [3.63, 3.8) is 0 Å². The van der Waals surface area contributed by atoms with Crippen LogP contribution in [0.4, 0.5) is 0 Å². The first-order valence-corrected chi connectivity index (χ1v) is 2.53. The summed E-state index contributed by atoms with van der Waals surface area (Å²) >= 11 is 0. The van der Waals surface area contributed by atoms with Gasteiger partial charge in [0.05, 0.1) is 0 Å². The Labute approximate surface area is 68.8 Å². The summed E-state index contributed by atoms with van der Waals surface area (Å²) in [6.07, 6.45) is 0. The fourth-order valence-corrected chi connectivity index (χ4v) is 0.392. The predicted octanol–water partition coefficient (Wildman–Crippen LogP) is -3.86. The molecule has 0 atom stereocenters. The molecule has 0 fully saturated rings. The lowest BCUT2D eigenvalue weighted by Crippen LogP contribution is -2.89. The summed E-state index contributed by atoms with van der Waals surface area (Å²) in [6, 6.07) is -3.69. The Morgan fingerprint density at radius 2 is 1.31 bits per heavy atom. The van der Waals surface area contributed by atoms with Gasteiger partial charge < -0.3 is 10.4 Å². The zero-order valence-corrected chi connectivity index (χ0v) is 5.82. The van der Waals surface area contributed by atoms with Gasteiger partial charge in [-0.25, -0.2) is 11.3 Å². The fourth-order valence-electron chi connectivity index (χ4n) is 0.392. The van der Waals surface area contributed by atoms with Crippen molar-refractivity contribution in [3.05, 3.63) is 30.6 Å². The van der Waals surface area contributed by atoms with Gasteiger partial charge in [0.2, 0.25) is 0 Å². The summed E-state index contributed by atoms with van der Waals surface area (Å²) in [7, 11) is 0. The van der Waals surface area contributed by atoms with E-state index in [9.17, 15) is 30.6 Å². The molecule has 12 heteroatoms. The van der Waals surface area contributed by atoms with Gasteiger partial charge in [0, 0.05) is 0 Å². The first-order valence-electron chi connectivity index (χ1n) is 2.53. The largest absolute Gasteiger partial charge is 0.805 e. The normalized spacial score (nSPS) is 11.2. The number of rotatable bonds is 6. The molecule has 4 N–H and O–H groups in total. The number of hydrogen-bond donors (Lipinski definition) is 2. The Bertz CT molecular complexity index is 180. The molecule has 13 heavy (non-hydrogen) atoms. The number of hydrogen-bond acceptors (Lipinski definition) is 8. The predicted molar refractivity (Wildman–Crippen MR) is 29.5 cm³/mol. The zero-order chi connectivity index (χ0) is 10.5. The number of nitrogens with zero attached hydrogens (tertiary/aromatic N) is 2. The van der Waals surface area contributed by atoms with Crippen LogP contribution in [0.1, 0.15) is 0 Å². The molecular formula is CH4N4O8. The van der Waals surface area contributed by atoms with Crippen LogP contribution in [0.3, 0.4) is 0 Å². The van der Waals surface area contributed by atoms with Gasteiger partial charge in [-0.1, -0.05) is 0 Å². The van der Waals surface area contributed by atoms with Crippen molar-refractivity contribution in [1.29, 1.82) is 0 Å². The van der Waals surface area contributed by atoms with E-state index in [-0.39, 0.29) is 0 Å². The molecule has 0 saturated heterocycles. The second kappa shape index (κ2) is 4.55. The van der Waals surface area contributed by atoms with Crippen molar-refractivity contribution in [2.75, 3.05) is 0 Å². The van der Waals surface area contributed by atoms with Crippen molar-refractivity contribution in [2.24, 2.45) is 0 Å². The molecular weight excluding hydrogens is 196 g/mol. The van der Waals surface area contributed by atoms with Gasteiger partial charge in [-0.2, -0.15) is 0 Å². The average molecular weight is 200 g/mol. The molecule has 0 aliphatic rings. The lowest BCUT2D eigenvalue weighted by atomic mass is 10.9. The monoisotopic (exact) mass is 200 g/mol. The molecule has 12 nitrogen and oxygen atoms in total. The van der Waals surface area contributed by atoms with Crippen LogP contribution in [-0.2, 0) is 9.68 Å². The molecule has 0 saturated carbocycles. The molecule has 0 amide bonds. The minimum atomic E-state index is -3.69. The Balaban J connectivity index is 4.80. The van der Waals surface area contributed by atoms with Crippen LogP contribution < -0.4 is 11.3 Å². The third-order valence-corrected chi connectivity index (χ3v) is 0.865. The number of nitro groups is 2. The van der Waals surface area contributed by atoms with E-state index in [2.05, 4.69) is 9.68 Å². The summed E-state index contributed by atoms with van der Waals surface area (Å²) in [5.74, 6) is 0. The topological polar surface area (TPSA) is 184 Å². The van der Waals surface area contributed by atoms with Gasteiger partial charge in [0.15, 0.2) is 9.85 Å². The maximum absolute atomic E-state index is 10.0. The average Bonchev–Trinajstić information content (AvgIpc) is 2.03. The summed E-state index contributed by atoms with van der Waals surface area (Å²) < 4.78 is 0. The molecule has 0 bridgehead atoms. The lowest BCUT2D eigenvalue weighted by Gasteiger charge is -2.11. The second-order valence-electron chi connectivity index (χ2n) is 1.49. The number of nitrogens with two attached hydrogens (primary N) is 2. The van der Waals surface area contributed by atoms with Crippen molar-refractivity contribution in [3.8, 4) is 0 Å². The highest BCUT2D eigenvalue weighted by Gasteiger charge is 2.68. The molecule has 0 aliphatic carbocycles. The quantitative estimate of drug-likeness (QED) is 0.247. The SMILES string of the molecule is O=[N+]([O-])C(O[NH2+][O-])(O[NH2+][O-])[N+](=O)[O-]. The van der Waals surface area contributed by atoms with Crippen LogP contribution in [-0.4, -0.2) is 15.9 Å². The van der Waals surface area contributed by atoms with Crippen LogP contribution in [0.15, 0.2) is 0 Å². The van der Waals surface area contributed by atoms with Crippen molar-refractivity contribution in [2.45, 2.75) is 6.03 Å². The standard InChI is InChI=1S/CH4N4O8/c6-2-12-1(4(8)9,5(10)11)13-3-7/h2-3H2. The maximum Gasteiger partial charge on any atom is 0.805 e. The molecule has 0 aromatic rings. The van der Waals surface area contributed by atoms with Gasteiger partial charge in [0.1, 0.15) is 0 Å². The van der Waals surface area contributed by atoms with Gasteiger partial charge in [0.25, 0.3) is 0 Å². The summed E-state index contributed by atoms with van der Waals surface area (Å²) in [5, 5.41) is 39.4. The third kappa shape index (κ3) is 2.25. The molecule has 0 heterocycles. The van der Waals surface area contributed by atoms with Crippen LogP contribution >= 0.6 is 0 Å². The van der Waals surface area contributed by atoms with Crippen LogP contribution in [0, 0.1) is 30.6 Å². The van der Waals surface area contributed by atoms with E-state index in [1.807, 2.05) is 0 Å². The van der Waals surface area contributed by atoms with Crippen LogP contribution in [0.25, 0.3) is 0 Å². The van der Waals surface area contributed by atoms with Crippen molar-refractivity contribution >= 4 is 0 Å². The zero-order valence-electron chi connectivity index (χ0n) is 5.82. The molecule has 0 spiro atoms. The van der Waals surface area contributed by atoms with Crippen LogP contribution in [0.2, 0.25) is 0 Å². The highest BCUT2D eigenvalue weighted by atomic mass is 17.0. The van der Waals surface area contributed by atoms with Gasteiger partial charge in [-0.15, -0.1) is 0 Å². The fraction of sp³-hybridized carbons (Fsp3) is 1.00. The van der Waals surface area contributed by atoms with Crippen LogP contribution in [0.5, 0.6) is 0 Å². The Morgan fingerprint density at radius 3 is 1.46 bits per heavy atom. The first kappa shape index (κ1) is 11.6. The van der Waals surface area contributed by atoms with E-state index in [1.54, 1.807) is 0 Å². The van der Waals surface area contributed by atoms with Crippen molar-refractivity contribution in [1.82, 2.24) is 0 Å². The van der Waals surface area contributed by atoms with E-state index >= 15 is 0 Å². The summed E-state index contributed by atoms with van der Waals surface area (Å²) in [5.41, 5.74) is -1.15. The second-order valence-corrected chi connectivity index (χ2v) is 1.49. The van der Waals surface area contributed by atoms with Gasteiger partial charge >= 0.3 is 6.03 Å². The first-order chi connectivity index (χ1) is 6.01. The molecule has 0 aliphatic heterocycles. The van der Waals surface area contributed by atoms with Crippen molar-refractivity contribution < 1.29 is 30.8 Å². The maximum atomic E-state index is 10.0. The van der Waals surface area contributed by atoms with Gasteiger partial charge in [-0.05, 0) is 9.68 Å². The van der Waals surface area contributed by atoms with E-state index < -0.39 is 27.2 Å². The lowest BCUT2D eigenvalue weighted by molar-refractivity contribution is -1.10. The Morgan fingerprint density at radius 1 is 1.00 bits per heavy atom.